The molecule has 36 heavy (non-hydrogen) atoms. The van der Waals surface area contributed by atoms with Gasteiger partial charge in [-0.25, -0.2) is 0 Å². The van der Waals surface area contributed by atoms with Gasteiger partial charge in [0.1, 0.15) is 0 Å². The molecule has 1 atom stereocenters. The zero-order chi connectivity index (χ0) is 23.8. The van der Waals surface area contributed by atoms with Crippen molar-refractivity contribution in [3.8, 4) is 0 Å². The Balaban J connectivity index is 1.37. The van der Waals surface area contributed by atoms with E-state index in [1.807, 2.05) is 0 Å². The van der Waals surface area contributed by atoms with E-state index in [0.29, 0.717) is 5.92 Å². The molecular weight excluding hydrogens is 436 g/mol. The van der Waals surface area contributed by atoms with Gasteiger partial charge in [0.25, 0.3) is 0 Å². The van der Waals surface area contributed by atoms with Gasteiger partial charge in [-0.1, -0.05) is 91.9 Å². The largest absolute Gasteiger partial charge is 0.252 e. The Morgan fingerprint density at radius 1 is 0.639 bits per heavy atom. The second kappa shape index (κ2) is 7.35. The molecule has 1 unspecified atom stereocenters. The minimum atomic E-state index is 0.335. The van der Waals surface area contributed by atoms with Crippen molar-refractivity contribution < 1.29 is 0 Å². The van der Waals surface area contributed by atoms with Gasteiger partial charge in [-0.15, -0.1) is 0 Å². The van der Waals surface area contributed by atoms with Crippen LogP contribution in [0, 0.1) is 0 Å². The maximum atomic E-state index is 5.16. The number of para-hydroxylation sites is 2. The first-order valence-corrected chi connectivity index (χ1v) is 12.8. The Morgan fingerprint density at radius 3 is 2.03 bits per heavy atom. The molecule has 0 bridgehead atoms. The first-order chi connectivity index (χ1) is 17.8. The molecule has 0 saturated heterocycles. The summed E-state index contributed by atoms with van der Waals surface area (Å²) in [5.41, 5.74) is 9.75. The summed E-state index contributed by atoms with van der Waals surface area (Å²) in [6.07, 6.45) is 1.93. The molecule has 2 nitrogen and oxygen atoms in total. The molecule has 8 rings (SSSR count). The van der Waals surface area contributed by atoms with Gasteiger partial charge < -0.3 is 0 Å². The summed E-state index contributed by atoms with van der Waals surface area (Å²) in [6.45, 7) is 2.27. The monoisotopic (exact) mass is 460 g/mol. The van der Waals surface area contributed by atoms with Crippen molar-refractivity contribution in [1.29, 1.82) is 0 Å². The normalized spacial score (nSPS) is 16.5. The Kier molecular flexibility index (Phi) is 4.07. The number of hydrogen-bond donors (Lipinski definition) is 0. The van der Waals surface area contributed by atoms with Crippen molar-refractivity contribution >= 4 is 55.1 Å². The molecule has 0 N–H and O–H groups in total. The Labute approximate surface area is 210 Å². The predicted molar refractivity (Wildman–Crippen MR) is 152 cm³/mol. The first kappa shape index (κ1) is 19.9. The van der Waals surface area contributed by atoms with E-state index in [1.54, 1.807) is 0 Å². The molecule has 0 fully saturated rings. The van der Waals surface area contributed by atoms with Crippen LogP contribution in [-0.2, 0) is 6.42 Å². The van der Waals surface area contributed by atoms with Crippen LogP contribution in [0.1, 0.15) is 41.5 Å². The third-order valence-electron chi connectivity index (χ3n) is 8.15. The minimum Gasteiger partial charge on any atom is -0.252 e. The van der Waals surface area contributed by atoms with Crippen molar-refractivity contribution in [1.82, 2.24) is 0 Å². The summed E-state index contributed by atoms with van der Waals surface area (Å²) in [4.78, 5) is 10.2. The standard InChI is InChI=1S/C34H24N2/c1-2-23-24-8-4-6-10-30(24)36-34(23)28-18-14-21-12-16-26-25(31-19-22-7-3-5-9-29(22)35-31)15-11-20-13-17-27(28)33(21)32(20)26/h3-18,23H,2,19H2,1H3. The van der Waals surface area contributed by atoms with Crippen LogP contribution in [-0.4, -0.2) is 11.4 Å². The van der Waals surface area contributed by atoms with E-state index in [9.17, 15) is 0 Å². The maximum absolute atomic E-state index is 5.16. The molecule has 0 aliphatic carbocycles. The third kappa shape index (κ3) is 2.67. The first-order valence-electron chi connectivity index (χ1n) is 12.8. The molecule has 0 spiro atoms. The fourth-order valence-corrected chi connectivity index (χ4v) is 6.47. The van der Waals surface area contributed by atoms with Gasteiger partial charge in [0.15, 0.2) is 0 Å². The lowest BCUT2D eigenvalue weighted by atomic mass is 9.84. The summed E-state index contributed by atoms with van der Waals surface area (Å²) >= 11 is 0. The molecule has 2 aliphatic rings. The Morgan fingerprint density at radius 2 is 1.28 bits per heavy atom. The van der Waals surface area contributed by atoms with Crippen LogP contribution in [0.2, 0.25) is 0 Å². The molecule has 170 valence electrons. The molecule has 2 heterocycles. The molecular formula is C34H24N2. The Hall–Kier alpha value is -4.30. The van der Waals surface area contributed by atoms with Crippen molar-refractivity contribution in [3.05, 3.63) is 119 Å². The van der Waals surface area contributed by atoms with Gasteiger partial charge in [-0.3, -0.25) is 9.98 Å². The topological polar surface area (TPSA) is 24.7 Å². The maximum Gasteiger partial charge on any atom is 0.0672 e. The van der Waals surface area contributed by atoms with E-state index < -0.39 is 0 Å². The van der Waals surface area contributed by atoms with Crippen LogP contribution in [0.4, 0.5) is 11.4 Å². The average Bonchev–Trinajstić information content (AvgIpc) is 3.53. The van der Waals surface area contributed by atoms with E-state index >= 15 is 0 Å². The fraction of sp³-hybridized carbons (Fsp3) is 0.118. The lowest BCUT2D eigenvalue weighted by Gasteiger charge is -2.18. The lowest BCUT2D eigenvalue weighted by Crippen LogP contribution is -2.10. The second-order valence-electron chi connectivity index (χ2n) is 10.0. The molecule has 0 aromatic heterocycles. The molecule has 2 aliphatic heterocycles. The van der Waals surface area contributed by atoms with Crippen LogP contribution >= 0.6 is 0 Å². The highest BCUT2D eigenvalue weighted by Gasteiger charge is 2.28. The van der Waals surface area contributed by atoms with Crippen molar-refractivity contribution in [2.24, 2.45) is 9.98 Å². The van der Waals surface area contributed by atoms with Crippen LogP contribution in [0.15, 0.2) is 107 Å². The zero-order valence-electron chi connectivity index (χ0n) is 20.1. The number of benzene rings is 6. The van der Waals surface area contributed by atoms with Crippen LogP contribution in [0.25, 0.3) is 32.3 Å². The smallest absolute Gasteiger partial charge is 0.0672 e. The van der Waals surface area contributed by atoms with E-state index in [-0.39, 0.29) is 0 Å². The summed E-state index contributed by atoms with van der Waals surface area (Å²) in [7, 11) is 0. The quantitative estimate of drug-likeness (QED) is 0.236. The van der Waals surface area contributed by atoms with Gasteiger partial charge in [0, 0.05) is 23.5 Å². The highest BCUT2D eigenvalue weighted by Crippen LogP contribution is 2.44. The van der Waals surface area contributed by atoms with E-state index in [1.165, 1.54) is 60.3 Å². The molecule has 0 radical (unpaired) electrons. The zero-order valence-corrected chi connectivity index (χ0v) is 20.1. The van der Waals surface area contributed by atoms with Gasteiger partial charge in [-0.05, 0) is 62.0 Å². The fourth-order valence-electron chi connectivity index (χ4n) is 6.47. The van der Waals surface area contributed by atoms with E-state index in [0.717, 1.165) is 29.9 Å². The number of rotatable bonds is 3. The predicted octanol–water partition coefficient (Wildman–Crippen LogP) is 8.89. The molecule has 6 aromatic rings. The number of nitrogens with zero attached hydrogens (tertiary/aromatic N) is 2. The van der Waals surface area contributed by atoms with Gasteiger partial charge in [0.2, 0.25) is 0 Å². The van der Waals surface area contributed by atoms with Crippen LogP contribution < -0.4 is 0 Å². The van der Waals surface area contributed by atoms with E-state index in [2.05, 4.69) is 104 Å². The number of hydrogen-bond acceptors (Lipinski definition) is 2. The summed E-state index contributed by atoms with van der Waals surface area (Å²) in [5, 5.41) is 7.83. The minimum absolute atomic E-state index is 0.335. The second-order valence-corrected chi connectivity index (χ2v) is 10.0. The Bertz CT molecular complexity index is 1910. The summed E-state index contributed by atoms with van der Waals surface area (Å²) in [5.74, 6) is 0.335. The highest BCUT2D eigenvalue weighted by atomic mass is 14.8. The molecule has 0 amide bonds. The SMILES string of the molecule is CCC1C(c2ccc3ccc4c(C5=Nc6ccccc6C5)ccc5ccc2c3c54)=Nc2ccccc21. The van der Waals surface area contributed by atoms with Gasteiger partial charge in [-0.2, -0.15) is 0 Å². The van der Waals surface area contributed by atoms with Crippen LogP contribution in [0.5, 0.6) is 0 Å². The van der Waals surface area contributed by atoms with Crippen molar-refractivity contribution in [2.75, 3.05) is 0 Å². The van der Waals surface area contributed by atoms with Crippen LogP contribution in [0.3, 0.4) is 0 Å². The molecule has 0 saturated carbocycles. The summed E-state index contributed by atoms with van der Waals surface area (Å²) in [6, 6.07) is 35.4. The van der Waals surface area contributed by atoms with Crippen molar-refractivity contribution in [2.45, 2.75) is 25.7 Å². The van der Waals surface area contributed by atoms with Crippen molar-refractivity contribution in [3.63, 3.8) is 0 Å². The molecule has 6 aromatic carbocycles. The molecule has 2 heteroatoms. The number of fused-ring (bicyclic) bond motifs is 2. The third-order valence-corrected chi connectivity index (χ3v) is 8.15. The highest BCUT2D eigenvalue weighted by molar-refractivity contribution is 6.31. The lowest BCUT2D eigenvalue weighted by molar-refractivity contribution is 0.863. The summed E-state index contributed by atoms with van der Waals surface area (Å²) < 4.78 is 0. The average molecular weight is 461 g/mol. The van der Waals surface area contributed by atoms with Gasteiger partial charge in [0.05, 0.1) is 22.8 Å². The van der Waals surface area contributed by atoms with E-state index in [4.69, 9.17) is 9.98 Å². The number of aliphatic imine (C=N–C) groups is 2. The van der Waals surface area contributed by atoms with Gasteiger partial charge >= 0.3 is 0 Å².